The summed E-state index contributed by atoms with van der Waals surface area (Å²) in [6.45, 7) is 5.53. The average molecular weight is 251 g/mol. The Bertz CT molecular complexity index is 368. The highest BCUT2D eigenvalue weighted by Crippen LogP contribution is 2.17. The van der Waals surface area contributed by atoms with Gasteiger partial charge in [0.25, 0.3) is 0 Å². The molecule has 102 valence electrons. The minimum atomic E-state index is 0.296. The quantitative estimate of drug-likeness (QED) is 0.805. The molecule has 0 aromatic carbocycles. The fourth-order valence-electron chi connectivity index (χ4n) is 1.89. The molecular formula is C14H25N3O. The van der Waals surface area contributed by atoms with Gasteiger partial charge >= 0.3 is 0 Å². The largest absolute Gasteiger partial charge is 0.383 e. The van der Waals surface area contributed by atoms with Crippen LogP contribution in [0, 0.1) is 0 Å². The van der Waals surface area contributed by atoms with Crippen LogP contribution in [-0.4, -0.2) is 31.8 Å². The van der Waals surface area contributed by atoms with E-state index in [9.17, 15) is 0 Å². The lowest BCUT2D eigenvalue weighted by atomic mass is 10.1. The van der Waals surface area contributed by atoms with Gasteiger partial charge in [-0.2, -0.15) is 0 Å². The van der Waals surface area contributed by atoms with Crippen molar-refractivity contribution in [3.8, 4) is 0 Å². The molecule has 1 aromatic heterocycles. The van der Waals surface area contributed by atoms with E-state index in [1.165, 1.54) is 0 Å². The van der Waals surface area contributed by atoms with Gasteiger partial charge in [-0.1, -0.05) is 13.3 Å². The Labute approximate surface area is 110 Å². The highest BCUT2D eigenvalue weighted by atomic mass is 16.5. The van der Waals surface area contributed by atoms with Crippen LogP contribution in [0.2, 0.25) is 0 Å². The normalized spacial score (nSPS) is 12.5. The molecule has 1 atom stereocenters. The van der Waals surface area contributed by atoms with Gasteiger partial charge < -0.3 is 15.4 Å². The fraction of sp³-hybridized carbons (Fsp3) is 0.643. The van der Waals surface area contributed by atoms with Gasteiger partial charge in [0, 0.05) is 26.4 Å². The van der Waals surface area contributed by atoms with Crippen molar-refractivity contribution in [1.82, 2.24) is 4.98 Å². The maximum atomic E-state index is 5.75. The first-order chi connectivity index (χ1) is 8.62. The number of nitrogens with zero attached hydrogens (tertiary/aromatic N) is 2. The molecule has 0 bridgehead atoms. The minimum absolute atomic E-state index is 0.296. The molecule has 0 fully saturated rings. The maximum Gasteiger partial charge on any atom is 0.129 e. The van der Waals surface area contributed by atoms with Gasteiger partial charge in [0.2, 0.25) is 0 Å². The van der Waals surface area contributed by atoms with Crippen LogP contribution in [0.3, 0.4) is 0 Å². The first-order valence-corrected chi connectivity index (χ1v) is 6.54. The van der Waals surface area contributed by atoms with E-state index < -0.39 is 0 Å². The number of ether oxygens (including phenoxy) is 1. The SMILES string of the molecule is CCCc1cc(CN)cc(N(C)C(C)COC)n1. The van der Waals surface area contributed by atoms with Crippen molar-refractivity contribution in [2.24, 2.45) is 5.73 Å². The summed E-state index contributed by atoms with van der Waals surface area (Å²) in [7, 11) is 3.76. The van der Waals surface area contributed by atoms with E-state index in [4.69, 9.17) is 10.5 Å². The minimum Gasteiger partial charge on any atom is -0.383 e. The lowest BCUT2D eigenvalue weighted by Crippen LogP contribution is -2.33. The predicted octanol–water partition coefficient (Wildman–Crippen LogP) is 1.96. The van der Waals surface area contributed by atoms with Crippen LogP contribution in [0.1, 0.15) is 31.5 Å². The Morgan fingerprint density at radius 2 is 2.17 bits per heavy atom. The fourth-order valence-corrected chi connectivity index (χ4v) is 1.89. The molecule has 2 N–H and O–H groups in total. The number of aryl methyl sites for hydroxylation is 1. The molecule has 1 unspecified atom stereocenters. The molecule has 0 spiro atoms. The highest BCUT2D eigenvalue weighted by Gasteiger charge is 2.12. The molecule has 0 saturated carbocycles. The molecule has 1 aromatic rings. The standard InChI is InChI=1S/C14H25N3O/c1-5-6-13-7-12(9-15)8-14(16-13)17(3)11(2)10-18-4/h7-8,11H,5-6,9-10,15H2,1-4H3. The van der Waals surface area contributed by atoms with Gasteiger partial charge in [0.1, 0.15) is 5.82 Å². The topological polar surface area (TPSA) is 51.4 Å². The number of nitrogens with two attached hydrogens (primary N) is 1. The number of methoxy groups -OCH3 is 1. The molecule has 0 radical (unpaired) electrons. The maximum absolute atomic E-state index is 5.75. The van der Waals surface area contributed by atoms with Crippen molar-refractivity contribution >= 4 is 5.82 Å². The van der Waals surface area contributed by atoms with Gasteiger partial charge in [-0.3, -0.25) is 0 Å². The average Bonchev–Trinajstić information content (AvgIpc) is 2.38. The van der Waals surface area contributed by atoms with E-state index >= 15 is 0 Å². The van der Waals surface area contributed by atoms with Crippen molar-refractivity contribution in [3.05, 3.63) is 23.4 Å². The van der Waals surface area contributed by atoms with Crippen LogP contribution in [0.15, 0.2) is 12.1 Å². The number of anilines is 1. The lowest BCUT2D eigenvalue weighted by Gasteiger charge is -2.26. The third-order valence-corrected chi connectivity index (χ3v) is 3.10. The van der Waals surface area contributed by atoms with Crippen molar-refractivity contribution in [2.75, 3.05) is 25.7 Å². The number of rotatable bonds is 7. The molecule has 0 aliphatic carbocycles. The van der Waals surface area contributed by atoms with Crippen molar-refractivity contribution in [1.29, 1.82) is 0 Å². The van der Waals surface area contributed by atoms with E-state index in [1.807, 2.05) is 7.05 Å². The summed E-state index contributed by atoms with van der Waals surface area (Å²) in [5.74, 6) is 0.978. The molecular weight excluding hydrogens is 226 g/mol. The Morgan fingerprint density at radius 3 is 2.72 bits per heavy atom. The molecule has 0 saturated heterocycles. The van der Waals surface area contributed by atoms with E-state index in [-0.39, 0.29) is 0 Å². The molecule has 0 amide bonds. The van der Waals surface area contributed by atoms with E-state index in [0.29, 0.717) is 19.2 Å². The summed E-state index contributed by atoms with van der Waals surface area (Å²) in [4.78, 5) is 6.83. The number of hydrogen-bond acceptors (Lipinski definition) is 4. The third kappa shape index (κ3) is 3.96. The van der Waals surface area contributed by atoms with Gasteiger partial charge in [-0.25, -0.2) is 4.98 Å². The molecule has 4 heteroatoms. The Kier molecular flexibility index (Phi) is 6.09. The Morgan fingerprint density at radius 1 is 1.44 bits per heavy atom. The van der Waals surface area contributed by atoms with Crippen LogP contribution in [0.25, 0.3) is 0 Å². The van der Waals surface area contributed by atoms with Crippen LogP contribution in [-0.2, 0) is 17.7 Å². The number of aromatic nitrogens is 1. The summed E-state index contributed by atoms with van der Waals surface area (Å²) in [6, 6.07) is 4.46. The zero-order valence-electron chi connectivity index (χ0n) is 11.9. The van der Waals surface area contributed by atoms with E-state index in [2.05, 4.69) is 35.9 Å². The summed E-state index contributed by atoms with van der Waals surface area (Å²) in [5, 5.41) is 0. The first kappa shape index (κ1) is 14.9. The molecule has 4 nitrogen and oxygen atoms in total. The molecule has 18 heavy (non-hydrogen) atoms. The second kappa shape index (κ2) is 7.34. The second-order valence-corrected chi connectivity index (χ2v) is 4.69. The van der Waals surface area contributed by atoms with E-state index in [1.54, 1.807) is 7.11 Å². The smallest absolute Gasteiger partial charge is 0.129 e. The molecule has 1 rings (SSSR count). The number of hydrogen-bond donors (Lipinski definition) is 1. The summed E-state index contributed by atoms with van der Waals surface area (Å²) < 4.78 is 5.19. The van der Waals surface area contributed by atoms with Crippen LogP contribution in [0.5, 0.6) is 0 Å². The van der Waals surface area contributed by atoms with E-state index in [0.717, 1.165) is 29.9 Å². The Hall–Kier alpha value is -1.13. The second-order valence-electron chi connectivity index (χ2n) is 4.69. The van der Waals surface area contributed by atoms with Crippen LogP contribution in [0.4, 0.5) is 5.82 Å². The lowest BCUT2D eigenvalue weighted by molar-refractivity contribution is 0.183. The monoisotopic (exact) mass is 251 g/mol. The summed E-state index contributed by atoms with van der Waals surface area (Å²) in [6.07, 6.45) is 2.09. The van der Waals surface area contributed by atoms with Crippen LogP contribution < -0.4 is 10.6 Å². The third-order valence-electron chi connectivity index (χ3n) is 3.10. The van der Waals surface area contributed by atoms with Crippen molar-refractivity contribution in [2.45, 2.75) is 39.3 Å². The molecule has 0 aliphatic rings. The van der Waals surface area contributed by atoms with Gasteiger partial charge in [0.15, 0.2) is 0 Å². The van der Waals surface area contributed by atoms with Gasteiger partial charge in [0.05, 0.1) is 12.6 Å². The summed E-state index contributed by atoms with van der Waals surface area (Å²) >= 11 is 0. The zero-order valence-corrected chi connectivity index (χ0v) is 11.9. The zero-order chi connectivity index (χ0) is 13.5. The highest BCUT2D eigenvalue weighted by molar-refractivity contribution is 5.43. The Balaban J connectivity index is 2.95. The van der Waals surface area contributed by atoms with Crippen molar-refractivity contribution in [3.63, 3.8) is 0 Å². The number of likely N-dealkylation sites (N-methyl/N-ethyl adjacent to an activating group) is 1. The van der Waals surface area contributed by atoms with Gasteiger partial charge in [-0.05, 0) is 31.0 Å². The number of pyridine rings is 1. The predicted molar refractivity (Wildman–Crippen MR) is 75.9 cm³/mol. The molecule has 1 heterocycles. The molecule has 0 aliphatic heterocycles. The first-order valence-electron chi connectivity index (χ1n) is 6.54. The van der Waals surface area contributed by atoms with Gasteiger partial charge in [-0.15, -0.1) is 0 Å². The summed E-state index contributed by atoms with van der Waals surface area (Å²) in [5.41, 5.74) is 8.00. The van der Waals surface area contributed by atoms with Crippen molar-refractivity contribution < 1.29 is 4.74 Å². The van der Waals surface area contributed by atoms with Crippen LogP contribution >= 0.6 is 0 Å².